The maximum absolute atomic E-state index is 8.65. The van der Waals surface area contributed by atoms with Gasteiger partial charge in [-0.3, -0.25) is 0 Å². The fourth-order valence-corrected chi connectivity index (χ4v) is 0.577. The van der Waals surface area contributed by atoms with E-state index < -0.39 is 0 Å². The minimum absolute atomic E-state index is 0.300. The Morgan fingerprint density at radius 3 is 1.53 bits per heavy atom. The van der Waals surface area contributed by atoms with E-state index >= 15 is 0 Å². The molecule has 0 aromatic rings. The van der Waals surface area contributed by atoms with E-state index in [4.69, 9.17) is 5.11 Å². The van der Waals surface area contributed by atoms with Crippen molar-refractivity contribution >= 4 is 0 Å². The fraction of sp³-hybridized carbons (Fsp3) is 0.857. The molecule has 0 saturated heterocycles. The van der Waals surface area contributed by atoms with Gasteiger partial charge in [-0.15, -0.1) is 6.58 Å². The largest absolute Gasteiger partial charge is 0.396 e. The van der Waals surface area contributed by atoms with Gasteiger partial charge in [0, 0.05) is 6.61 Å². The molecule has 0 heterocycles. The van der Waals surface area contributed by atoms with Crippen molar-refractivity contribution in [2.24, 2.45) is 11.3 Å². The Bertz CT molecular complexity index is 130. The summed E-state index contributed by atoms with van der Waals surface area (Å²) in [6.45, 7) is 20.6. The Labute approximate surface area is 97.6 Å². The summed E-state index contributed by atoms with van der Waals surface area (Å²) in [6.07, 6.45) is 0.907. The molecule has 0 bridgehead atoms. The first-order chi connectivity index (χ1) is 6.74. The highest BCUT2D eigenvalue weighted by Crippen LogP contribution is 2.29. The average Bonchev–Trinajstić information content (AvgIpc) is 2.06. The molecule has 1 nitrogen and oxygen atoms in total. The van der Waals surface area contributed by atoms with E-state index in [-0.39, 0.29) is 0 Å². The lowest BCUT2D eigenvalue weighted by atomic mass is 9.79. The second kappa shape index (κ2) is 11.8. The minimum Gasteiger partial charge on any atom is -0.396 e. The van der Waals surface area contributed by atoms with Crippen LogP contribution in [0.15, 0.2) is 12.2 Å². The van der Waals surface area contributed by atoms with Crippen molar-refractivity contribution in [1.29, 1.82) is 0 Å². The van der Waals surface area contributed by atoms with Gasteiger partial charge in [0.15, 0.2) is 0 Å². The first-order valence-electron chi connectivity index (χ1n) is 5.97. The Morgan fingerprint density at radius 1 is 1.20 bits per heavy atom. The van der Waals surface area contributed by atoms with Crippen LogP contribution in [0.2, 0.25) is 0 Å². The maximum Gasteiger partial charge on any atom is 0.0436 e. The molecule has 1 heteroatoms. The van der Waals surface area contributed by atoms with E-state index in [0.29, 0.717) is 17.9 Å². The second-order valence-corrected chi connectivity index (χ2v) is 4.82. The van der Waals surface area contributed by atoms with Crippen LogP contribution in [0.4, 0.5) is 0 Å². The molecular weight excluding hydrogens is 184 g/mol. The van der Waals surface area contributed by atoms with Gasteiger partial charge in [-0.2, -0.15) is 0 Å². The summed E-state index contributed by atoms with van der Waals surface area (Å²) in [6, 6.07) is 0. The number of hydrogen-bond donors (Lipinski definition) is 1. The normalized spacial score (nSPS) is 9.73. The smallest absolute Gasteiger partial charge is 0.0436 e. The topological polar surface area (TPSA) is 20.2 Å². The summed E-state index contributed by atoms with van der Waals surface area (Å²) in [7, 11) is 0. The molecule has 0 aliphatic heterocycles. The Hall–Kier alpha value is -0.300. The van der Waals surface area contributed by atoms with Crippen molar-refractivity contribution in [3.05, 3.63) is 12.2 Å². The molecule has 0 aromatic heterocycles. The Kier molecular flexibility index (Phi) is 15.8. The van der Waals surface area contributed by atoms with Crippen molar-refractivity contribution in [2.45, 2.75) is 61.8 Å². The van der Waals surface area contributed by atoms with Crippen LogP contribution in [-0.4, -0.2) is 11.7 Å². The lowest BCUT2D eigenvalue weighted by Crippen LogP contribution is -2.20. The molecule has 15 heavy (non-hydrogen) atoms. The highest BCUT2D eigenvalue weighted by Gasteiger charge is 2.20. The second-order valence-electron chi connectivity index (χ2n) is 4.82. The third kappa shape index (κ3) is 19.9. The predicted octanol–water partition coefficient (Wildman–Crippen LogP) is 4.66. The molecule has 0 aliphatic rings. The molecule has 94 valence electrons. The molecule has 0 rings (SSSR count). The van der Waals surface area contributed by atoms with E-state index in [0.717, 1.165) is 6.42 Å². The third-order valence-corrected chi connectivity index (χ3v) is 2.32. The molecule has 0 amide bonds. The van der Waals surface area contributed by atoms with Gasteiger partial charge < -0.3 is 5.11 Å². The van der Waals surface area contributed by atoms with E-state index in [9.17, 15) is 0 Å². The molecular formula is C14H32O. The monoisotopic (exact) mass is 216 g/mol. The third-order valence-electron chi connectivity index (χ3n) is 2.32. The molecule has 0 spiro atoms. The first-order valence-corrected chi connectivity index (χ1v) is 5.97. The lowest BCUT2D eigenvalue weighted by molar-refractivity contribution is 0.164. The van der Waals surface area contributed by atoms with Crippen molar-refractivity contribution in [2.75, 3.05) is 6.61 Å². The summed E-state index contributed by atoms with van der Waals surface area (Å²) in [4.78, 5) is 0. The van der Waals surface area contributed by atoms with Crippen LogP contribution in [0, 0.1) is 11.3 Å². The van der Waals surface area contributed by atoms with Gasteiger partial charge in [-0.25, -0.2) is 0 Å². The number of aliphatic hydroxyl groups excluding tert-OH is 1. The zero-order valence-corrected chi connectivity index (χ0v) is 12.1. The van der Waals surface area contributed by atoms with Crippen molar-refractivity contribution < 1.29 is 5.11 Å². The summed E-state index contributed by atoms with van der Waals surface area (Å²) in [5, 5.41) is 8.65. The van der Waals surface area contributed by atoms with Crippen molar-refractivity contribution in [3.8, 4) is 0 Å². The van der Waals surface area contributed by atoms with Gasteiger partial charge >= 0.3 is 0 Å². The van der Waals surface area contributed by atoms with Gasteiger partial charge in [0.05, 0.1) is 0 Å². The van der Waals surface area contributed by atoms with Crippen molar-refractivity contribution in [3.63, 3.8) is 0 Å². The zero-order chi connectivity index (χ0) is 13.1. The highest BCUT2D eigenvalue weighted by atomic mass is 16.3. The van der Waals surface area contributed by atoms with Gasteiger partial charge in [-0.05, 0) is 31.6 Å². The van der Waals surface area contributed by atoms with Crippen LogP contribution in [0.25, 0.3) is 0 Å². The molecule has 0 aliphatic carbocycles. The van der Waals surface area contributed by atoms with Gasteiger partial charge in [-0.1, -0.05) is 47.1 Å². The molecule has 1 N–H and O–H groups in total. The SMILES string of the molecule is C=C(C)C.CC.CC(C)C(C)(C)CCO. The van der Waals surface area contributed by atoms with Crippen molar-refractivity contribution in [1.82, 2.24) is 0 Å². The molecule has 0 atom stereocenters. The number of hydrogen-bond acceptors (Lipinski definition) is 1. The number of aliphatic hydroxyl groups is 1. The van der Waals surface area contributed by atoms with E-state index in [1.54, 1.807) is 0 Å². The summed E-state index contributed by atoms with van der Waals surface area (Å²) in [5.41, 5.74) is 1.47. The zero-order valence-electron chi connectivity index (χ0n) is 12.1. The Morgan fingerprint density at radius 2 is 1.47 bits per heavy atom. The highest BCUT2D eigenvalue weighted by molar-refractivity contribution is 4.78. The van der Waals surface area contributed by atoms with Crippen LogP contribution in [0.3, 0.4) is 0 Å². The lowest BCUT2D eigenvalue weighted by Gasteiger charge is -2.27. The van der Waals surface area contributed by atoms with E-state index in [2.05, 4.69) is 34.3 Å². The van der Waals surface area contributed by atoms with Crippen LogP contribution in [0.1, 0.15) is 61.8 Å². The Balaban J connectivity index is -0.000000202. The van der Waals surface area contributed by atoms with Gasteiger partial charge in [0.25, 0.3) is 0 Å². The predicted molar refractivity (Wildman–Crippen MR) is 72.2 cm³/mol. The average molecular weight is 216 g/mol. The molecule has 0 unspecified atom stereocenters. The minimum atomic E-state index is 0.300. The molecule has 0 aromatic carbocycles. The van der Waals surface area contributed by atoms with Crippen LogP contribution >= 0.6 is 0 Å². The molecule has 0 radical (unpaired) electrons. The summed E-state index contributed by atoms with van der Waals surface area (Å²) in [5.74, 6) is 0.657. The number of rotatable bonds is 3. The van der Waals surface area contributed by atoms with E-state index in [1.807, 2.05) is 27.7 Å². The van der Waals surface area contributed by atoms with Crippen LogP contribution in [0.5, 0.6) is 0 Å². The van der Waals surface area contributed by atoms with Gasteiger partial charge in [0.1, 0.15) is 0 Å². The number of allylic oxidation sites excluding steroid dienone is 1. The van der Waals surface area contributed by atoms with Crippen LogP contribution in [-0.2, 0) is 0 Å². The van der Waals surface area contributed by atoms with Gasteiger partial charge in [0.2, 0.25) is 0 Å². The standard InChI is InChI=1S/C8H18O.C4H8.C2H6/c1-7(2)8(3,4)5-6-9;1-4(2)3;1-2/h7,9H,5-6H2,1-4H3;1H2,2-3H3;1-2H3. The first kappa shape index (κ1) is 20.2. The fourth-order valence-electron chi connectivity index (χ4n) is 0.577. The van der Waals surface area contributed by atoms with E-state index in [1.165, 1.54) is 5.57 Å². The maximum atomic E-state index is 8.65. The molecule has 0 fully saturated rings. The summed E-state index contributed by atoms with van der Waals surface area (Å²) < 4.78 is 0. The molecule has 0 saturated carbocycles. The van der Waals surface area contributed by atoms with Crippen LogP contribution < -0.4 is 0 Å². The quantitative estimate of drug-likeness (QED) is 0.680. The summed E-state index contributed by atoms with van der Waals surface area (Å²) >= 11 is 0.